The number of anilines is 1. The number of fused-ring (bicyclic) bond motifs is 1. The smallest absolute Gasteiger partial charge is 0.224 e. The van der Waals surface area contributed by atoms with Crippen LogP contribution in [-0.2, 0) is 4.74 Å². The quantitative estimate of drug-likeness (QED) is 0.459. The summed E-state index contributed by atoms with van der Waals surface area (Å²) in [4.78, 5) is 11.8. The SMILES string of the molecule is C=C(C)OC(=NC)c1cnc2[nH]ccc2c1NC1CC(N)C1. The summed E-state index contributed by atoms with van der Waals surface area (Å²) in [6.45, 7) is 5.58. The molecule has 1 aliphatic carbocycles. The third kappa shape index (κ3) is 2.69. The molecule has 0 bridgehead atoms. The van der Waals surface area contributed by atoms with Gasteiger partial charge in [-0.05, 0) is 25.8 Å². The average molecular weight is 299 g/mol. The van der Waals surface area contributed by atoms with Gasteiger partial charge in [0.25, 0.3) is 0 Å². The van der Waals surface area contributed by atoms with Gasteiger partial charge in [-0.25, -0.2) is 4.98 Å². The van der Waals surface area contributed by atoms with E-state index in [2.05, 4.69) is 26.9 Å². The van der Waals surface area contributed by atoms with Crippen molar-refractivity contribution in [3.8, 4) is 0 Å². The van der Waals surface area contributed by atoms with Crippen LogP contribution in [0.3, 0.4) is 0 Å². The van der Waals surface area contributed by atoms with E-state index in [-0.39, 0.29) is 6.04 Å². The fourth-order valence-electron chi connectivity index (χ4n) is 2.70. The maximum Gasteiger partial charge on any atom is 0.224 e. The van der Waals surface area contributed by atoms with Gasteiger partial charge in [-0.3, -0.25) is 4.99 Å². The van der Waals surface area contributed by atoms with Crippen LogP contribution >= 0.6 is 0 Å². The molecule has 116 valence electrons. The summed E-state index contributed by atoms with van der Waals surface area (Å²) < 4.78 is 5.65. The first-order chi connectivity index (χ1) is 10.6. The minimum Gasteiger partial charge on any atom is -0.444 e. The van der Waals surface area contributed by atoms with Crippen molar-refractivity contribution >= 4 is 22.6 Å². The van der Waals surface area contributed by atoms with Gasteiger partial charge in [0.2, 0.25) is 5.90 Å². The van der Waals surface area contributed by atoms with Crippen molar-refractivity contribution in [1.82, 2.24) is 9.97 Å². The van der Waals surface area contributed by atoms with E-state index in [0.717, 1.165) is 35.1 Å². The van der Waals surface area contributed by atoms with E-state index in [0.29, 0.717) is 17.7 Å². The first-order valence-corrected chi connectivity index (χ1v) is 7.37. The number of ether oxygens (including phenoxy) is 1. The Labute approximate surface area is 129 Å². The topological polar surface area (TPSA) is 88.3 Å². The van der Waals surface area contributed by atoms with Crippen molar-refractivity contribution in [3.05, 3.63) is 36.4 Å². The van der Waals surface area contributed by atoms with Gasteiger partial charge in [0, 0.05) is 36.9 Å². The summed E-state index contributed by atoms with van der Waals surface area (Å²) in [6.07, 6.45) is 5.58. The summed E-state index contributed by atoms with van der Waals surface area (Å²) in [5.74, 6) is 1.10. The molecule has 0 amide bonds. The Morgan fingerprint density at radius 2 is 2.32 bits per heavy atom. The molecule has 2 heterocycles. The molecule has 1 aliphatic rings. The third-order valence-electron chi connectivity index (χ3n) is 3.81. The van der Waals surface area contributed by atoms with Gasteiger partial charge in [0.15, 0.2) is 0 Å². The molecule has 0 saturated heterocycles. The third-order valence-corrected chi connectivity index (χ3v) is 3.81. The highest BCUT2D eigenvalue weighted by Gasteiger charge is 2.28. The van der Waals surface area contributed by atoms with Crippen LogP contribution in [0.15, 0.2) is 35.8 Å². The highest BCUT2D eigenvalue weighted by Crippen LogP contribution is 2.31. The molecule has 4 N–H and O–H groups in total. The van der Waals surface area contributed by atoms with Crippen molar-refractivity contribution < 1.29 is 4.74 Å². The van der Waals surface area contributed by atoms with Crippen LogP contribution in [0.25, 0.3) is 11.0 Å². The van der Waals surface area contributed by atoms with Gasteiger partial charge in [0.05, 0.1) is 17.0 Å². The van der Waals surface area contributed by atoms with Gasteiger partial charge in [-0.2, -0.15) is 0 Å². The molecule has 0 aromatic carbocycles. The van der Waals surface area contributed by atoms with E-state index in [1.807, 2.05) is 12.3 Å². The number of nitrogens with zero attached hydrogens (tertiary/aromatic N) is 2. The largest absolute Gasteiger partial charge is 0.444 e. The monoisotopic (exact) mass is 299 g/mol. The molecule has 0 atom stereocenters. The maximum absolute atomic E-state index is 5.89. The fraction of sp³-hybridized carbons (Fsp3) is 0.375. The molecule has 6 nitrogen and oxygen atoms in total. The Bertz CT molecular complexity index is 727. The summed E-state index contributed by atoms with van der Waals surface area (Å²) >= 11 is 0. The maximum atomic E-state index is 5.89. The lowest BCUT2D eigenvalue weighted by Gasteiger charge is -2.34. The number of hydrogen-bond acceptors (Lipinski definition) is 5. The average Bonchev–Trinajstić information content (AvgIpc) is 2.92. The Hall–Kier alpha value is -2.34. The van der Waals surface area contributed by atoms with Gasteiger partial charge < -0.3 is 20.8 Å². The van der Waals surface area contributed by atoms with Gasteiger partial charge >= 0.3 is 0 Å². The fourth-order valence-corrected chi connectivity index (χ4v) is 2.70. The number of aliphatic imine (C=N–C) groups is 1. The van der Waals surface area contributed by atoms with Crippen molar-refractivity contribution in [1.29, 1.82) is 0 Å². The van der Waals surface area contributed by atoms with E-state index in [1.165, 1.54) is 0 Å². The second-order valence-corrected chi connectivity index (χ2v) is 5.69. The first-order valence-electron chi connectivity index (χ1n) is 7.37. The summed E-state index contributed by atoms with van der Waals surface area (Å²) in [6, 6.07) is 2.66. The molecule has 0 unspecified atom stereocenters. The van der Waals surface area contributed by atoms with Gasteiger partial charge in [-0.15, -0.1) is 0 Å². The number of aromatic nitrogens is 2. The Kier molecular flexibility index (Phi) is 3.85. The number of allylic oxidation sites excluding steroid dienone is 1. The van der Waals surface area contributed by atoms with Crippen molar-refractivity contribution in [2.24, 2.45) is 10.7 Å². The van der Waals surface area contributed by atoms with Crippen LogP contribution in [0, 0.1) is 0 Å². The molecule has 2 aromatic rings. The standard InChI is InChI=1S/C16H21N5O/c1-9(2)22-16(18-3)13-8-20-15-12(4-5-19-15)14(13)21-11-6-10(17)7-11/h4-5,8,10-11H,1,6-7,17H2,2-3H3,(H2,19,20,21). The molecule has 6 heteroatoms. The number of pyridine rings is 1. The highest BCUT2D eigenvalue weighted by atomic mass is 16.5. The van der Waals surface area contributed by atoms with Crippen molar-refractivity contribution in [2.45, 2.75) is 31.8 Å². The van der Waals surface area contributed by atoms with Crippen LogP contribution in [0.5, 0.6) is 0 Å². The summed E-state index contributed by atoms with van der Waals surface area (Å²) in [7, 11) is 1.70. The first kappa shape index (κ1) is 14.6. The second kappa shape index (κ2) is 5.81. The van der Waals surface area contributed by atoms with Crippen molar-refractivity contribution in [2.75, 3.05) is 12.4 Å². The zero-order chi connectivity index (χ0) is 15.7. The predicted octanol–water partition coefficient (Wildman–Crippen LogP) is 2.39. The van der Waals surface area contributed by atoms with E-state index >= 15 is 0 Å². The van der Waals surface area contributed by atoms with Crippen LogP contribution in [-0.4, -0.2) is 35.0 Å². The minimum absolute atomic E-state index is 0.287. The molecule has 1 saturated carbocycles. The Morgan fingerprint density at radius 3 is 2.95 bits per heavy atom. The zero-order valence-corrected chi connectivity index (χ0v) is 12.9. The number of H-pyrrole nitrogens is 1. The van der Waals surface area contributed by atoms with E-state index in [1.54, 1.807) is 20.2 Å². The Balaban J connectivity index is 2.02. The normalized spacial score (nSPS) is 21.5. The lowest BCUT2D eigenvalue weighted by atomic mass is 9.87. The summed E-state index contributed by atoms with van der Waals surface area (Å²) in [5.41, 5.74) is 8.53. The molecule has 0 aliphatic heterocycles. The molecule has 1 fully saturated rings. The van der Waals surface area contributed by atoms with Crippen molar-refractivity contribution in [3.63, 3.8) is 0 Å². The predicted molar refractivity (Wildman–Crippen MR) is 89.1 cm³/mol. The molecule has 3 rings (SSSR count). The lowest BCUT2D eigenvalue weighted by molar-refractivity contribution is 0.373. The van der Waals surface area contributed by atoms with E-state index in [9.17, 15) is 0 Å². The van der Waals surface area contributed by atoms with Gasteiger partial charge in [0.1, 0.15) is 5.65 Å². The number of hydrogen-bond donors (Lipinski definition) is 3. The number of nitrogens with one attached hydrogen (secondary N) is 2. The number of nitrogens with two attached hydrogens (primary N) is 1. The molecule has 0 radical (unpaired) electrons. The Morgan fingerprint density at radius 1 is 1.55 bits per heavy atom. The highest BCUT2D eigenvalue weighted by molar-refractivity contribution is 6.06. The zero-order valence-electron chi connectivity index (χ0n) is 12.9. The molecule has 0 spiro atoms. The molecule has 22 heavy (non-hydrogen) atoms. The number of aromatic amines is 1. The van der Waals surface area contributed by atoms with Crippen LogP contribution in [0.4, 0.5) is 5.69 Å². The molecular weight excluding hydrogens is 278 g/mol. The van der Waals surface area contributed by atoms with Crippen LogP contribution in [0.1, 0.15) is 25.3 Å². The van der Waals surface area contributed by atoms with E-state index in [4.69, 9.17) is 10.5 Å². The van der Waals surface area contributed by atoms with Gasteiger partial charge in [-0.1, -0.05) is 6.58 Å². The summed E-state index contributed by atoms with van der Waals surface area (Å²) in [5, 5.41) is 4.58. The molecule has 2 aromatic heterocycles. The second-order valence-electron chi connectivity index (χ2n) is 5.69. The lowest BCUT2D eigenvalue weighted by Crippen LogP contribution is -2.44. The van der Waals surface area contributed by atoms with Crippen LogP contribution in [0.2, 0.25) is 0 Å². The minimum atomic E-state index is 0.287. The van der Waals surface area contributed by atoms with E-state index < -0.39 is 0 Å². The van der Waals surface area contributed by atoms with Crippen LogP contribution < -0.4 is 11.1 Å². The molecular formula is C16H21N5O. The number of rotatable bonds is 4.